The molecule has 0 spiro atoms. The highest BCUT2D eigenvalue weighted by atomic mass is 32.2. The lowest BCUT2D eigenvalue weighted by molar-refractivity contribution is -0.384. The smallest absolute Gasteiger partial charge is 0.270 e. The molecular formula is C19H17N3O6S2. The summed E-state index contributed by atoms with van der Waals surface area (Å²) in [7, 11) is -2.43. The van der Waals surface area contributed by atoms with Crippen molar-refractivity contribution in [1.82, 2.24) is 4.57 Å². The summed E-state index contributed by atoms with van der Waals surface area (Å²) in [5.41, 5.74) is 0.546. The van der Waals surface area contributed by atoms with Gasteiger partial charge in [-0.1, -0.05) is 17.4 Å². The van der Waals surface area contributed by atoms with Crippen molar-refractivity contribution >= 4 is 43.0 Å². The molecule has 9 nitrogen and oxygen atoms in total. The van der Waals surface area contributed by atoms with E-state index >= 15 is 0 Å². The second-order valence-corrected chi connectivity index (χ2v) is 9.13. The predicted molar refractivity (Wildman–Crippen MR) is 112 cm³/mol. The third-order valence-electron chi connectivity index (χ3n) is 4.14. The van der Waals surface area contributed by atoms with Gasteiger partial charge in [0.1, 0.15) is 11.5 Å². The number of carbonyl (C=O) groups is 1. The van der Waals surface area contributed by atoms with Crippen LogP contribution in [0.1, 0.15) is 0 Å². The standard InChI is InChI=1S/C19H17N3O6S2/c1-3-10-21-16-9-4-13(22(24)25)11-17(16)29-19(21)20-18(23)12-30(26,27)15-7-5-14(28-2)6-8-15/h3-9,11H,1,10,12H2,2H3. The van der Waals surface area contributed by atoms with Gasteiger partial charge in [0.2, 0.25) is 0 Å². The minimum absolute atomic E-state index is 0.0159. The second kappa shape index (κ2) is 8.59. The van der Waals surface area contributed by atoms with Gasteiger partial charge in [-0.15, -0.1) is 6.58 Å². The molecule has 0 aliphatic carbocycles. The molecule has 156 valence electrons. The molecule has 1 amide bonds. The lowest BCUT2D eigenvalue weighted by atomic mass is 10.3. The topological polar surface area (TPSA) is 121 Å². The normalized spacial score (nSPS) is 12.1. The summed E-state index contributed by atoms with van der Waals surface area (Å²) in [6.45, 7) is 3.97. The molecule has 0 fully saturated rings. The van der Waals surface area contributed by atoms with E-state index in [-0.39, 0.29) is 15.4 Å². The molecule has 0 bridgehead atoms. The number of allylic oxidation sites excluding steroid dienone is 1. The summed E-state index contributed by atoms with van der Waals surface area (Å²) in [4.78, 5) is 27.1. The fourth-order valence-electron chi connectivity index (χ4n) is 2.73. The minimum Gasteiger partial charge on any atom is -0.497 e. The van der Waals surface area contributed by atoms with Crippen LogP contribution >= 0.6 is 11.3 Å². The molecule has 3 rings (SSSR count). The number of hydrogen-bond acceptors (Lipinski definition) is 7. The van der Waals surface area contributed by atoms with E-state index in [0.717, 1.165) is 11.3 Å². The monoisotopic (exact) mass is 447 g/mol. The molecule has 30 heavy (non-hydrogen) atoms. The maximum atomic E-state index is 12.5. The summed E-state index contributed by atoms with van der Waals surface area (Å²) in [6, 6.07) is 10.0. The van der Waals surface area contributed by atoms with E-state index in [2.05, 4.69) is 11.6 Å². The van der Waals surface area contributed by atoms with Crippen LogP contribution in [0.15, 0.2) is 65.0 Å². The Morgan fingerprint density at radius 1 is 1.30 bits per heavy atom. The zero-order chi connectivity index (χ0) is 21.9. The Labute approximate surface area is 175 Å². The average molecular weight is 447 g/mol. The number of thiazole rings is 1. The molecule has 0 aliphatic heterocycles. The van der Waals surface area contributed by atoms with Gasteiger partial charge in [0.15, 0.2) is 14.6 Å². The first-order chi connectivity index (χ1) is 14.2. The number of non-ortho nitro benzene ring substituents is 1. The van der Waals surface area contributed by atoms with E-state index in [4.69, 9.17) is 4.74 Å². The Morgan fingerprint density at radius 3 is 2.60 bits per heavy atom. The van der Waals surface area contributed by atoms with Crippen molar-refractivity contribution in [3.8, 4) is 5.75 Å². The van der Waals surface area contributed by atoms with Gasteiger partial charge in [-0.25, -0.2) is 8.42 Å². The Kier molecular flexibility index (Phi) is 6.13. The molecule has 1 aromatic heterocycles. The number of aromatic nitrogens is 1. The van der Waals surface area contributed by atoms with E-state index in [1.165, 1.54) is 43.5 Å². The van der Waals surface area contributed by atoms with E-state index in [1.807, 2.05) is 0 Å². The molecule has 0 saturated heterocycles. The number of amides is 1. The number of nitrogens with zero attached hydrogens (tertiary/aromatic N) is 3. The number of hydrogen-bond donors (Lipinski definition) is 0. The maximum Gasteiger partial charge on any atom is 0.270 e. The minimum atomic E-state index is -3.89. The average Bonchev–Trinajstić information content (AvgIpc) is 3.04. The summed E-state index contributed by atoms with van der Waals surface area (Å²) in [5, 5.41) is 11.0. The molecule has 1 heterocycles. The van der Waals surface area contributed by atoms with Crippen molar-refractivity contribution in [2.75, 3.05) is 12.9 Å². The largest absolute Gasteiger partial charge is 0.497 e. The number of benzene rings is 2. The second-order valence-electron chi connectivity index (χ2n) is 6.13. The first kappa shape index (κ1) is 21.4. The Morgan fingerprint density at radius 2 is 2.00 bits per heavy atom. The molecule has 11 heteroatoms. The number of fused-ring (bicyclic) bond motifs is 1. The summed E-state index contributed by atoms with van der Waals surface area (Å²) >= 11 is 1.06. The molecule has 0 atom stereocenters. The number of carbonyl (C=O) groups excluding carboxylic acids is 1. The first-order valence-corrected chi connectivity index (χ1v) is 11.0. The van der Waals surface area contributed by atoms with Crippen LogP contribution in [0, 0.1) is 10.1 Å². The number of nitro groups is 1. The van der Waals surface area contributed by atoms with Crippen molar-refractivity contribution in [2.24, 2.45) is 4.99 Å². The van der Waals surface area contributed by atoms with E-state index in [0.29, 0.717) is 22.5 Å². The first-order valence-electron chi connectivity index (χ1n) is 8.58. The Balaban J connectivity index is 1.98. The van der Waals surface area contributed by atoms with E-state index in [1.54, 1.807) is 16.7 Å². The zero-order valence-electron chi connectivity index (χ0n) is 15.8. The third-order valence-corrected chi connectivity index (χ3v) is 6.80. The number of methoxy groups -OCH3 is 1. The maximum absolute atomic E-state index is 12.5. The zero-order valence-corrected chi connectivity index (χ0v) is 17.5. The van der Waals surface area contributed by atoms with Crippen LogP contribution in [0.2, 0.25) is 0 Å². The van der Waals surface area contributed by atoms with Gasteiger partial charge >= 0.3 is 0 Å². The van der Waals surface area contributed by atoms with Crippen LogP contribution in [-0.2, 0) is 21.2 Å². The summed E-state index contributed by atoms with van der Waals surface area (Å²) in [5.74, 6) is -1.15. The summed E-state index contributed by atoms with van der Waals surface area (Å²) < 4.78 is 32.2. The molecule has 0 aliphatic rings. The van der Waals surface area contributed by atoms with Crippen molar-refractivity contribution in [3.63, 3.8) is 0 Å². The van der Waals surface area contributed by atoms with Crippen LogP contribution in [0.5, 0.6) is 5.75 Å². The van der Waals surface area contributed by atoms with Crippen LogP contribution in [-0.4, -0.2) is 36.7 Å². The van der Waals surface area contributed by atoms with Gasteiger partial charge in [-0.05, 0) is 30.3 Å². The number of rotatable bonds is 7. The van der Waals surface area contributed by atoms with Crippen LogP contribution in [0.25, 0.3) is 10.2 Å². The van der Waals surface area contributed by atoms with Gasteiger partial charge < -0.3 is 9.30 Å². The molecule has 0 saturated carbocycles. The van der Waals surface area contributed by atoms with Gasteiger partial charge in [-0.2, -0.15) is 4.99 Å². The number of ether oxygens (including phenoxy) is 1. The lowest BCUT2D eigenvalue weighted by Gasteiger charge is -2.04. The molecule has 0 radical (unpaired) electrons. The molecule has 0 unspecified atom stereocenters. The SMILES string of the molecule is C=CCn1c(=NC(=O)CS(=O)(=O)c2ccc(OC)cc2)sc2cc([N+](=O)[O-])ccc21. The fraction of sp³-hybridized carbons (Fsp3) is 0.158. The number of sulfone groups is 1. The Bertz CT molecular complexity index is 1300. The van der Waals surface area contributed by atoms with E-state index < -0.39 is 26.4 Å². The molecule has 2 aromatic carbocycles. The van der Waals surface area contributed by atoms with Crippen molar-refractivity contribution in [3.05, 3.63) is 70.0 Å². The molecular weight excluding hydrogens is 430 g/mol. The highest BCUT2D eigenvalue weighted by Gasteiger charge is 2.20. The van der Waals surface area contributed by atoms with Crippen molar-refractivity contribution in [2.45, 2.75) is 11.4 Å². The third kappa shape index (κ3) is 4.47. The molecule has 0 N–H and O–H groups in total. The van der Waals surface area contributed by atoms with Crippen LogP contribution in [0.4, 0.5) is 5.69 Å². The highest BCUT2D eigenvalue weighted by Crippen LogP contribution is 2.23. The van der Waals surface area contributed by atoms with Gasteiger partial charge in [0.05, 0.1) is 27.1 Å². The van der Waals surface area contributed by atoms with Crippen molar-refractivity contribution in [1.29, 1.82) is 0 Å². The quantitative estimate of drug-likeness (QED) is 0.312. The van der Waals surface area contributed by atoms with Gasteiger partial charge in [0.25, 0.3) is 11.6 Å². The van der Waals surface area contributed by atoms with Crippen molar-refractivity contribution < 1.29 is 22.9 Å². The van der Waals surface area contributed by atoms with Crippen LogP contribution < -0.4 is 9.54 Å². The van der Waals surface area contributed by atoms with Crippen LogP contribution in [0.3, 0.4) is 0 Å². The van der Waals surface area contributed by atoms with Gasteiger partial charge in [0, 0.05) is 18.7 Å². The Hall–Kier alpha value is -3.31. The summed E-state index contributed by atoms with van der Waals surface area (Å²) in [6.07, 6.45) is 1.59. The lowest BCUT2D eigenvalue weighted by Crippen LogP contribution is -2.20. The molecule has 3 aromatic rings. The van der Waals surface area contributed by atoms with E-state index in [9.17, 15) is 23.3 Å². The number of nitro benzene ring substituents is 1. The highest BCUT2D eigenvalue weighted by molar-refractivity contribution is 7.92. The van der Waals surface area contributed by atoms with Gasteiger partial charge in [-0.3, -0.25) is 14.9 Å². The predicted octanol–water partition coefficient (Wildman–Crippen LogP) is 2.71. The fourth-order valence-corrected chi connectivity index (χ4v) is 4.93.